The fourth-order valence-corrected chi connectivity index (χ4v) is 1.11. The molecule has 4 nitrogen and oxygen atoms in total. The maximum Gasteiger partial charge on any atom is 0.460 e. The summed E-state index contributed by atoms with van der Waals surface area (Å²) in [7, 11) is 0. The fourth-order valence-electron chi connectivity index (χ4n) is 1.11. The molecule has 0 aliphatic rings. The highest BCUT2D eigenvalue weighted by Gasteiger charge is 2.76. The molecular weight excluding hydrogens is 327 g/mol. The summed E-state index contributed by atoms with van der Waals surface area (Å²) in [5.41, 5.74) is 0. The lowest BCUT2D eigenvalue weighted by molar-refractivity contribution is -0.344. The molecule has 0 rings (SSSR count). The predicted molar refractivity (Wildman–Crippen MR) is 59.4 cm³/mol. The van der Waals surface area contributed by atoms with E-state index < -0.39 is 35.9 Å². The number of halogens is 7. The number of hydrogen-bond donors (Lipinski definition) is 1. The normalized spacial score (nSPS) is 14.4. The molecule has 0 unspecified atom stereocenters. The third-order valence-electron chi connectivity index (χ3n) is 2.48. The minimum absolute atomic E-state index is 0.107. The van der Waals surface area contributed by atoms with Crippen LogP contribution in [0.15, 0.2) is 0 Å². The average molecular weight is 341 g/mol. The quantitative estimate of drug-likeness (QED) is 0.440. The number of nitrogens with one attached hydrogen (secondary N) is 1. The van der Waals surface area contributed by atoms with E-state index in [4.69, 9.17) is 0 Å². The number of unbranched alkanes of at least 4 members (excludes halogenated alkanes) is 1. The summed E-state index contributed by atoms with van der Waals surface area (Å²) in [4.78, 5) is 22.2. The van der Waals surface area contributed by atoms with Gasteiger partial charge in [0.15, 0.2) is 0 Å². The third-order valence-corrected chi connectivity index (χ3v) is 2.48. The molecule has 1 atom stereocenters. The standard InChI is InChI=1S/C11H14F7NO3/c1-3-4-5-22-7(20)6(2)19-8(21)9(12,13)10(14,15)11(16,17)18/h6H,3-5H2,1-2H3,(H,19,21)/t6-/m0/s1. The van der Waals surface area contributed by atoms with Crippen LogP contribution in [0.25, 0.3) is 0 Å². The van der Waals surface area contributed by atoms with Crippen molar-refractivity contribution < 1.29 is 45.1 Å². The Morgan fingerprint density at radius 3 is 2.00 bits per heavy atom. The lowest BCUT2D eigenvalue weighted by Crippen LogP contribution is -2.61. The van der Waals surface area contributed by atoms with E-state index in [1.54, 1.807) is 6.92 Å². The van der Waals surface area contributed by atoms with Gasteiger partial charge in [0.05, 0.1) is 6.61 Å². The first-order valence-corrected chi connectivity index (χ1v) is 6.09. The zero-order valence-electron chi connectivity index (χ0n) is 11.6. The maximum absolute atomic E-state index is 13.0. The number of ether oxygens (including phenoxy) is 1. The van der Waals surface area contributed by atoms with Gasteiger partial charge in [0.25, 0.3) is 5.91 Å². The van der Waals surface area contributed by atoms with Gasteiger partial charge in [-0.3, -0.25) is 4.79 Å². The molecule has 0 aliphatic carbocycles. The van der Waals surface area contributed by atoms with Crippen LogP contribution in [0.2, 0.25) is 0 Å². The van der Waals surface area contributed by atoms with Crippen molar-refractivity contribution in [3.05, 3.63) is 0 Å². The van der Waals surface area contributed by atoms with Gasteiger partial charge in [0.2, 0.25) is 0 Å². The molecule has 11 heteroatoms. The highest BCUT2D eigenvalue weighted by molar-refractivity contribution is 5.89. The number of rotatable bonds is 7. The number of alkyl halides is 7. The van der Waals surface area contributed by atoms with Gasteiger partial charge in [0, 0.05) is 0 Å². The Labute approximate surface area is 121 Å². The van der Waals surface area contributed by atoms with Crippen LogP contribution in [0.5, 0.6) is 0 Å². The van der Waals surface area contributed by atoms with Crippen molar-refractivity contribution >= 4 is 11.9 Å². The van der Waals surface area contributed by atoms with E-state index >= 15 is 0 Å². The minimum Gasteiger partial charge on any atom is -0.464 e. The molecule has 0 aromatic rings. The Hall–Kier alpha value is -1.55. The molecule has 1 N–H and O–H groups in total. The number of carbonyl (C=O) groups excluding carboxylic acids is 2. The van der Waals surface area contributed by atoms with Crippen molar-refractivity contribution in [1.29, 1.82) is 0 Å². The Balaban J connectivity index is 4.87. The minimum atomic E-state index is -6.63. The molecule has 0 aromatic heterocycles. The summed E-state index contributed by atoms with van der Waals surface area (Å²) in [6, 6.07) is -1.81. The first-order valence-electron chi connectivity index (χ1n) is 6.09. The van der Waals surface area contributed by atoms with Crippen LogP contribution in [0.3, 0.4) is 0 Å². The highest BCUT2D eigenvalue weighted by Crippen LogP contribution is 2.46. The first kappa shape index (κ1) is 20.5. The van der Waals surface area contributed by atoms with Crippen LogP contribution in [0, 0.1) is 0 Å². The molecular formula is C11H14F7NO3. The molecule has 0 aromatic carbocycles. The summed E-state index contributed by atoms with van der Waals surface area (Å²) in [5.74, 6) is -16.8. The highest BCUT2D eigenvalue weighted by atomic mass is 19.4. The molecule has 0 spiro atoms. The van der Waals surface area contributed by atoms with Gasteiger partial charge in [-0.1, -0.05) is 13.3 Å². The topological polar surface area (TPSA) is 55.4 Å². The second-order valence-electron chi connectivity index (χ2n) is 4.36. The van der Waals surface area contributed by atoms with Crippen molar-refractivity contribution in [3.8, 4) is 0 Å². The van der Waals surface area contributed by atoms with Crippen molar-refractivity contribution in [3.63, 3.8) is 0 Å². The number of esters is 1. The molecule has 0 fully saturated rings. The van der Waals surface area contributed by atoms with Crippen LogP contribution in [0.4, 0.5) is 30.7 Å². The molecule has 130 valence electrons. The molecule has 1 amide bonds. The Kier molecular flexibility index (Phi) is 6.64. The second kappa shape index (κ2) is 7.14. The second-order valence-corrected chi connectivity index (χ2v) is 4.36. The Bertz CT molecular complexity index is 409. The van der Waals surface area contributed by atoms with Crippen LogP contribution in [0.1, 0.15) is 26.7 Å². The van der Waals surface area contributed by atoms with Gasteiger partial charge in [-0.2, -0.15) is 30.7 Å². The number of amides is 1. The van der Waals surface area contributed by atoms with Crippen molar-refractivity contribution in [2.45, 2.75) is 50.8 Å². The molecule has 0 radical (unpaired) electrons. The monoisotopic (exact) mass is 341 g/mol. The number of carbonyl (C=O) groups is 2. The van der Waals surface area contributed by atoms with E-state index in [1.165, 1.54) is 0 Å². The maximum atomic E-state index is 13.0. The van der Waals surface area contributed by atoms with Gasteiger partial charge in [-0.25, -0.2) is 4.79 Å². The average Bonchev–Trinajstić information content (AvgIpc) is 2.36. The summed E-state index contributed by atoms with van der Waals surface area (Å²) in [5, 5.41) is 1.08. The van der Waals surface area contributed by atoms with Crippen molar-refractivity contribution in [2.24, 2.45) is 0 Å². The molecule has 0 saturated carbocycles. The zero-order chi connectivity index (χ0) is 17.8. The summed E-state index contributed by atoms with van der Waals surface area (Å²) in [6.45, 7) is 2.46. The Morgan fingerprint density at radius 1 is 1.09 bits per heavy atom. The van der Waals surface area contributed by atoms with Crippen LogP contribution >= 0.6 is 0 Å². The molecule has 22 heavy (non-hydrogen) atoms. The number of hydrogen-bond acceptors (Lipinski definition) is 3. The van der Waals surface area contributed by atoms with Crippen molar-refractivity contribution in [2.75, 3.05) is 6.61 Å². The van der Waals surface area contributed by atoms with Gasteiger partial charge >= 0.3 is 24.0 Å². The van der Waals surface area contributed by atoms with Crippen molar-refractivity contribution in [1.82, 2.24) is 5.32 Å². The lowest BCUT2D eigenvalue weighted by atomic mass is 10.1. The molecule has 0 aliphatic heterocycles. The van der Waals surface area contributed by atoms with Crippen LogP contribution in [-0.2, 0) is 14.3 Å². The summed E-state index contributed by atoms with van der Waals surface area (Å²) >= 11 is 0. The van der Waals surface area contributed by atoms with E-state index in [1.807, 2.05) is 0 Å². The predicted octanol–water partition coefficient (Wildman–Crippen LogP) is 2.67. The zero-order valence-corrected chi connectivity index (χ0v) is 11.6. The summed E-state index contributed by atoms with van der Waals surface area (Å²) in [6.07, 6.45) is -5.57. The van der Waals surface area contributed by atoms with E-state index in [0.29, 0.717) is 12.8 Å². The SMILES string of the molecule is CCCCOC(=O)[C@H](C)NC(=O)C(F)(F)C(F)(F)C(F)(F)F. The third kappa shape index (κ3) is 4.47. The van der Waals surface area contributed by atoms with Crippen LogP contribution < -0.4 is 5.32 Å². The first-order chi connectivity index (χ1) is 9.79. The van der Waals surface area contributed by atoms with Crippen LogP contribution in [-0.4, -0.2) is 42.5 Å². The van der Waals surface area contributed by atoms with Gasteiger partial charge in [-0.05, 0) is 13.3 Å². The Morgan fingerprint density at radius 2 is 1.59 bits per heavy atom. The molecule has 0 bridgehead atoms. The largest absolute Gasteiger partial charge is 0.464 e. The van der Waals surface area contributed by atoms with E-state index in [0.717, 1.165) is 12.2 Å². The summed E-state index contributed by atoms with van der Waals surface area (Å²) < 4.78 is 91.4. The fraction of sp³-hybridized carbons (Fsp3) is 0.818. The van der Waals surface area contributed by atoms with E-state index in [2.05, 4.69) is 4.74 Å². The van der Waals surface area contributed by atoms with Gasteiger partial charge < -0.3 is 10.1 Å². The molecule has 0 saturated heterocycles. The van der Waals surface area contributed by atoms with E-state index in [-0.39, 0.29) is 6.61 Å². The van der Waals surface area contributed by atoms with Gasteiger partial charge in [-0.15, -0.1) is 0 Å². The van der Waals surface area contributed by atoms with Gasteiger partial charge in [0.1, 0.15) is 6.04 Å². The smallest absolute Gasteiger partial charge is 0.460 e. The van der Waals surface area contributed by atoms with E-state index in [9.17, 15) is 40.3 Å². The lowest BCUT2D eigenvalue weighted by Gasteiger charge is -2.27. The molecule has 0 heterocycles.